The molecule has 0 atom stereocenters. The molecule has 0 bridgehead atoms. The molecule has 2 aromatic rings. The minimum absolute atomic E-state index is 0. The zero-order chi connectivity index (χ0) is 19.4. The number of rotatable bonds is 4. The largest absolute Gasteiger partial charge is 0.487 e. The molecule has 0 radical (unpaired) electrons. The average Bonchev–Trinajstić information content (AvgIpc) is 2.68. The van der Waals surface area contributed by atoms with E-state index in [1.807, 2.05) is 0 Å². The van der Waals surface area contributed by atoms with Crippen LogP contribution in [0.15, 0.2) is 29.1 Å². The second-order valence-electron chi connectivity index (χ2n) is 5.94. The summed E-state index contributed by atoms with van der Waals surface area (Å²) in [6.45, 7) is 1.54. The van der Waals surface area contributed by atoms with E-state index < -0.39 is 17.3 Å². The maximum atomic E-state index is 13.9. The van der Waals surface area contributed by atoms with Crippen LogP contribution in [0.5, 0.6) is 5.75 Å². The third-order valence-corrected chi connectivity index (χ3v) is 4.17. The predicted molar refractivity (Wildman–Crippen MR) is 99.6 cm³/mol. The number of hydrogen-bond acceptors (Lipinski definition) is 7. The highest BCUT2D eigenvalue weighted by Crippen LogP contribution is 2.21. The molecule has 0 unspecified atom stereocenters. The number of carbonyl (C=O) groups is 1. The van der Waals surface area contributed by atoms with Gasteiger partial charge in [-0.15, -0.1) is 12.4 Å². The van der Waals surface area contributed by atoms with Gasteiger partial charge in [0.05, 0.1) is 24.4 Å². The molecule has 1 aromatic heterocycles. The van der Waals surface area contributed by atoms with Crippen LogP contribution in [-0.4, -0.2) is 42.1 Å². The summed E-state index contributed by atoms with van der Waals surface area (Å²) < 4.78 is 25.3. The highest BCUT2D eigenvalue weighted by Gasteiger charge is 2.23. The number of nitrogens with zero attached hydrogens (tertiary/aromatic N) is 3. The number of benzene rings is 1. The number of aromatic nitrogens is 2. The van der Waals surface area contributed by atoms with Gasteiger partial charge in [0.2, 0.25) is 5.69 Å². The second kappa shape index (κ2) is 9.30. The van der Waals surface area contributed by atoms with Crippen molar-refractivity contribution in [3.8, 4) is 17.5 Å². The molecule has 28 heavy (non-hydrogen) atoms. The molecule has 8 nitrogen and oxygen atoms in total. The van der Waals surface area contributed by atoms with Crippen molar-refractivity contribution >= 4 is 18.4 Å². The number of esters is 1. The van der Waals surface area contributed by atoms with E-state index in [0.29, 0.717) is 0 Å². The molecule has 1 N–H and O–H groups in total. The molecular weight excluding hydrogens is 391 g/mol. The molecule has 1 fully saturated rings. The van der Waals surface area contributed by atoms with Crippen molar-refractivity contribution in [3.63, 3.8) is 0 Å². The van der Waals surface area contributed by atoms with Crippen molar-refractivity contribution in [1.82, 2.24) is 15.1 Å². The van der Waals surface area contributed by atoms with Gasteiger partial charge in [-0.3, -0.25) is 4.79 Å². The van der Waals surface area contributed by atoms with Gasteiger partial charge in [-0.05, 0) is 38.1 Å². The minimum Gasteiger partial charge on any atom is -0.487 e. The number of nitriles is 1. The summed E-state index contributed by atoms with van der Waals surface area (Å²) in [4.78, 5) is 24.6. The molecule has 2 heterocycles. The molecule has 0 amide bonds. The van der Waals surface area contributed by atoms with Gasteiger partial charge in [0.25, 0.3) is 5.56 Å². The number of halogens is 2. The topological polar surface area (TPSA) is 106 Å². The molecule has 0 spiro atoms. The van der Waals surface area contributed by atoms with Crippen LogP contribution in [0.25, 0.3) is 5.69 Å². The van der Waals surface area contributed by atoms with Gasteiger partial charge in [0, 0.05) is 6.07 Å². The monoisotopic (exact) mass is 408 g/mol. The van der Waals surface area contributed by atoms with Crippen LogP contribution in [-0.2, 0) is 4.74 Å². The Hall–Kier alpha value is -2.96. The van der Waals surface area contributed by atoms with Crippen LogP contribution in [0.3, 0.4) is 0 Å². The van der Waals surface area contributed by atoms with Crippen molar-refractivity contribution in [2.75, 3.05) is 20.2 Å². The summed E-state index contributed by atoms with van der Waals surface area (Å²) in [5, 5.41) is 16.0. The second-order valence-corrected chi connectivity index (χ2v) is 5.94. The fourth-order valence-electron chi connectivity index (χ4n) is 2.77. The highest BCUT2D eigenvalue weighted by molar-refractivity contribution is 5.90. The highest BCUT2D eigenvalue weighted by atomic mass is 35.5. The molecular formula is C18H18ClFN4O4. The minimum atomic E-state index is -0.793. The maximum Gasteiger partial charge on any atom is 0.362 e. The lowest BCUT2D eigenvalue weighted by atomic mass is 10.1. The van der Waals surface area contributed by atoms with Crippen molar-refractivity contribution in [3.05, 3.63) is 51.7 Å². The zero-order valence-corrected chi connectivity index (χ0v) is 15.8. The molecule has 10 heteroatoms. The number of hydrogen-bond donors (Lipinski definition) is 1. The van der Waals surface area contributed by atoms with E-state index in [2.05, 4.69) is 10.4 Å². The number of ether oxygens (including phenoxy) is 2. The van der Waals surface area contributed by atoms with Gasteiger partial charge in [0.1, 0.15) is 18.0 Å². The first kappa shape index (κ1) is 21.3. The van der Waals surface area contributed by atoms with Crippen molar-refractivity contribution in [1.29, 1.82) is 5.26 Å². The van der Waals surface area contributed by atoms with Crippen molar-refractivity contribution in [2.45, 2.75) is 18.9 Å². The van der Waals surface area contributed by atoms with E-state index in [0.717, 1.165) is 42.7 Å². The number of methoxy groups -OCH3 is 1. The van der Waals surface area contributed by atoms with Gasteiger partial charge in [-0.25, -0.2) is 9.18 Å². The first-order valence-electron chi connectivity index (χ1n) is 8.33. The summed E-state index contributed by atoms with van der Waals surface area (Å²) in [6, 6.07) is 6.44. The molecule has 1 saturated heterocycles. The molecule has 1 aliphatic rings. The summed E-state index contributed by atoms with van der Waals surface area (Å²) in [5.74, 6) is -1.54. The average molecular weight is 409 g/mol. The fourth-order valence-corrected chi connectivity index (χ4v) is 2.77. The molecule has 0 aliphatic carbocycles. The Labute approximate surface area is 166 Å². The number of nitrogens with one attached hydrogen (secondary N) is 1. The summed E-state index contributed by atoms with van der Waals surface area (Å²) in [5.41, 5.74) is -0.864. The maximum absolute atomic E-state index is 13.9. The molecule has 0 saturated carbocycles. The number of piperidine rings is 1. The van der Waals surface area contributed by atoms with Crippen LogP contribution >= 0.6 is 12.4 Å². The first-order chi connectivity index (χ1) is 13.0. The fraction of sp³-hybridized carbons (Fsp3) is 0.333. The van der Waals surface area contributed by atoms with Gasteiger partial charge >= 0.3 is 5.97 Å². The summed E-state index contributed by atoms with van der Waals surface area (Å²) >= 11 is 0. The Balaban J connectivity index is 0.00000280. The van der Waals surface area contributed by atoms with Crippen LogP contribution in [0.1, 0.15) is 28.9 Å². The third kappa shape index (κ3) is 4.47. The Morgan fingerprint density at radius 2 is 2.07 bits per heavy atom. The standard InChI is InChI=1S/C18H17FN4O4.ClH/c1-26-18(25)17-15(27-13-4-6-21-7-5-13)9-16(24)23(22-17)12-3-2-11(10-20)14(19)8-12;/h2-3,8-9,13,21H,4-7H2,1H3;1H. The lowest BCUT2D eigenvalue weighted by Crippen LogP contribution is -2.35. The van der Waals surface area contributed by atoms with E-state index in [4.69, 9.17) is 14.7 Å². The predicted octanol–water partition coefficient (Wildman–Crippen LogP) is 1.58. The Morgan fingerprint density at radius 3 is 2.68 bits per heavy atom. The lowest BCUT2D eigenvalue weighted by Gasteiger charge is -2.24. The zero-order valence-electron chi connectivity index (χ0n) is 15.0. The number of carbonyl (C=O) groups excluding carboxylic acids is 1. The van der Waals surface area contributed by atoms with Crippen molar-refractivity contribution in [2.24, 2.45) is 0 Å². The van der Waals surface area contributed by atoms with Gasteiger partial charge < -0.3 is 14.8 Å². The van der Waals surface area contributed by atoms with Gasteiger partial charge in [-0.1, -0.05) is 0 Å². The lowest BCUT2D eigenvalue weighted by molar-refractivity contribution is 0.0580. The van der Waals surface area contributed by atoms with Crippen LogP contribution in [0.2, 0.25) is 0 Å². The van der Waals surface area contributed by atoms with Crippen LogP contribution < -0.4 is 15.6 Å². The Bertz CT molecular complexity index is 967. The summed E-state index contributed by atoms with van der Waals surface area (Å²) in [6.07, 6.45) is 1.30. The molecule has 1 aromatic carbocycles. The molecule has 3 rings (SSSR count). The smallest absolute Gasteiger partial charge is 0.362 e. The third-order valence-electron chi connectivity index (χ3n) is 4.17. The van der Waals surface area contributed by atoms with Gasteiger partial charge in [0.15, 0.2) is 5.75 Å². The quantitative estimate of drug-likeness (QED) is 0.765. The SMILES string of the molecule is COC(=O)c1nn(-c2ccc(C#N)c(F)c2)c(=O)cc1OC1CCNCC1.Cl. The molecule has 1 aliphatic heterocycles. The molecule has 148 valence electrons. The first-order valence-corrected chi connectivity index (χ1v) is 8.33. The van der Waals surface area contributed by atoms with E-state index in [9.17, 15) is 14.0 Å². The van der Waals surface area contributed by atoms with Crippen LogP contribution in [0, 0.1) is 17.1 Å². The van der Waals surface area contributed by atoms with Gasteiger partial charge in [-0.2, -0.15) is 15.0 Å². The summed E-state index contributed by atoms with van der Waals surface area (Å²) in [7, 11) is 1.19. The van der Waals surface area contributed by atoms with E-state index in [-0.39, 0.29) is 41.2 Å². The van der Waals surface area contributed by atoms with Crippen molar-refractivity contribution < 1.29 is 18.7 Å². The van der Waals surface area contributed by atoms with E-state index >= 15 is 0 Å². The van der Waals surface area contributed by atoms with Crippen LogP contribution in [0.4, 0.5) is 4.39 Å². The van der Waals surface area contributed by atoms with E-state index in [1.54, 1.807) is 6.07 Å². The van der Waals surface area contributed by atoms with E-state index in [1.165, 1.54) is 19.2 Å². The Kier molecular flexibility index (Phi) is 7.09. The Morgan fingerprint density at radius 1 is 1.36 bits per heavy atom. The normalized spacial score (nSPS) is 13.9.